The lowest BCUT2D eigenvalue weighted by Gasteiger charge is -2.19. The van der Waals surface area contributed by atoms with Gasteiger partial charge in [-0.25, -0.2) is 0 Å². The first-order chi connectivity index (χ1) is 7.15. The minimum absolute atomic E-state index is 0.273. The Morgan fingerprint density at radius 1 is 1.47 bits per heavy atom. The lowest BCUT2D eigenvalue weighted by molar-refractivity contribution is 0.0890. The highest BCUT2D eigenvalue weighted by atomic mass is 32.1. The van der Waals surface area contributed by atoms with Gasteiger partial charge >= 0.3 is 0 Å². The number of aryl methyl sites for hydroxylation is 1. The molecule has 86 valence electrons. The van der Waals surface area contributed by atoms with E-state index >= 15 is 0 Å². The number of nitrogens with one attached hydrogen (secondary N) is 1. The van der Waals surface area contributed by atoms with Gasteiger partial charge in [-0.2, -0.15) is 0 Å². The van der Waals surface area contributed by atoms with Crippen LogP contribution in [0, 0.1) is 6.92 Å². The topological polar surface area (TPSA) is 21.3 Å². The number of methoxy groups -OCH3 is 1. The maximum absolute atomic E-state index is 5.26. The molecule has 1 heterocycles. The van der Waals surface area contributed by atoms with Crippen LogP contribution in [0.15, 0.2) is 11.4 Å². The third-order valence-corrected chi connectivity index (χ3v) is 3.95. The van der Waals surface area contributed by atoms with E-state index in [4.69, 9.17) is 4.74 Å². The number of hydrogen-bond donors (Lipinski definition) is 1. The molecule has 0 radical (unpaired) electrons. The van der Waals surface area contributed by atoms with Crippen LogP contribution in [0.25, 0.3) is 0 Å². The SMILES string of the molecule is COC(C)C(C)NCCc1sccc1C. The van der Waals surface area contributed by atoms with Crippen molar-refractivity contribution in [1.82, 2.24) is 5.32 Å². The van der Waals surface area contributed by atoms with Crippen LogP contribution in [0.1, 0.15) is 24.3 Å². The molecule has 0 aromatic carbocycles. The molecular weight excluding hydrogens is 206 g/mol. The van der Waals surface area contributed by atoms with Crippen molar-refractivity contribution in [2.45, 2.75) is 39.3 Å². The van der Waals surface area contributed by atoms with E-state index in [0.717, 1.165) is 13.0 Å². The molecule has 0 aliphatic rings. The molecule has 15 heavy (non-hydrogen) atoms. The normalized spacial score (nSPS) is 15.2. The van der Waals surface area contributed by atoms with Crippen LogP contribution >= 0.6 is 11.3 Å². The van der Waals surface area contributed by atoms with Crippen LogP contribution < -0.4 is 5.32 Å². The van der Waals surface area contributed by atoms with Crippen molar-refractivity contribution in [2.75, 3.05) is 13.7 Å². The molecule has 0 amide bonds. The Hall–Kier alpha value is -0.380. The summed E-state index contributed by atoms with van der Waals surface area (Å²) in [7, 11) is 1.76. The first-order valence-electron chi connectivity index (χ1n) is 5.44. The van der Waals surface area contributed by atoms with E-state index in [1.165, 1.54) is 10.4 Å². The molecule has 0 spiro atoms. The van der Waals surface area contributed by atoms with Crippen molar-refractivity contribution in [3.63, 3.8) is 0 Å². The second-order valence-corrected chi connectivity index (χ2v) is 4.96. The van der Waals surface area contributed by atoms with Crippen LogP contribution in [-0.4, -0.2) is 25.8 Å². The summed E-state index contributed by atoms with van der Waals surface area (Å²) >= 11 is 1.84. The first-order valence-corrected chi connectivity index (χ1v) is 6.32. The third kappa shape index (κ3) is 3.93. The zero-order valence-corrected chi connectivity index (χ0v) is 10.9. The summed E-state index contributed by atoms with van der Waals surface area (Å²) in [5.74, 6) is 0. The van der Waals surface area contributed by atoms with E-state index in [2.05, 4.69) is 37.5 Å². The molecule has 0 saturated heterocycles. The van der Waals surface area contributed by atoms with Gasteiger partial charge in [0.25, 0.3) is 0 Å². The van der Waals surface area contributed by atoms with Crippen molar-refractivity contribution in [3.8, 4) is 0 Å². The molecule has 1 rings (SSSR count). The van der Waals surface area contributed by atoms with Gasteiger partial charge in [0.05, 0.1) is 6.10 Å². The fourth-order valence-corrected chi connectivity index (χ4v) is 2.35. The van der Waals surface area contributed by atoms with E-state index in [9.17, 15) is 0 Å². The smallest absolute Gasteiger partial charge is 0.0693 e. The van der Waals surface area contributed by atoms with Crippen molar-refractivity contribution < 1.29 is 4.74 Å². The lowest BCUT2D eigenvalue weighted by atomic mass is 10.2. The molecule has 1 aromatic heterocycles. The van der Waals surface area contributed by atoms with E-state index in [1.54, 1.807) is 7.11 Å². The molecule has 2 unspecified atom stereocenters. The van der Waals surface area contributed by atoms with Crippen molar-refractivity contribution in [1.29, 1.82) is 0 Å². The van der Waals surface area contributed by atoms with Crippen LogP contribution in [0.2, 0.25) is 0 Å². The Balaban J connectivity index is 2.25. The van der Waals surface area contributed by atoms with Gasteiger partial charge in [-0.05, 0) is 44.2 Å². The molecule has 0 aliphatic carbocycles. The monoisotopic (exact) mass is 227 g/mol. The van der Waals surface area contributed by atoms with E-state index in [0.29, 0.717) is 6.04 Å². The zero-order chi connectivity index (χ0) is 11.3. The van der Waals surface area contributed by atoms with Gasteiger partial charge in [-0.3, -0.25) is 0 Å². The number of ether oxygens (including phenoxy) is 1. The summed E-state index contributed by atoms with van der Waals surface area (Å²) in [6.07, 6.45) is 1.39. The third-order valence-electron chi connectivity index (χ3n) is 2.86. The Morgan fingerprint density at radius 2 is 2.20 bits per heavy atom. The van der Waals surface area contributed by atoms with Crippen LogP contribution in [-0.2, 0) is 11.2 Å². The van der Waals surface area contributed by atoms with Crippen LogP contribution in [0.5, 0.6) is 0 Å². The van der Waals surface area contributed by atoms with Crippen LogP contribution in [0.3, 0.4) is 0 Å². The fraction of sp³-hybridized carbons (Fsp3) is 0.667. The standard InChI is InChI=1S/C12H21NOS/c1-9-6-8-15-12(9)5-7-13-10(2)11(3)14-4/h6,8,10-11,13H,5,7H2,1-4H3. The summed E-state index contributed by atoms with van der Waals surface area (Å²) in [5.41, 5.74) is 1.41. The van der Waals surface area contributed by atoms with Gasteiger partial charge in [0, 0.05) is 24.6 Å². The second kappa shape index (κ2) is 6.26. The number of rotatable bonds is 6. The molecule has 0 fully saturated rings. The highest BCUT2D eigenvalue weighted by Gasteiger charge is 2.09. The molecule has 0 bridgehead atoms. The maximum Gasteiger partial charge on any atom is 0.0693 e. The Bertz CT molecular complexity index is 285. The average molecular weight is 227 g/mol. The second-order valence-electron chi connectivity index (χ2n) is 3.96. The van der Waals surface area contributed by atoms with Crippen molar-refractivity contribution in [2.24, 2.45) is 0 Å². The first kappa shape index (κ1) is 12.7. The Morgan fingerprint density at radius 3 is 2.73 bits per heavy atom. The van der Waals surface area contributed by atoms with Crippen molar-refractivity contribution in [3.05, 3.63) is 21.9 Å². The molecule has 2 nitrogen and oxygen atoms in total. The number of thiophene rings is 1. The molecule has 0 aliphatic heterocycles. The molecule has 2 atom stereocenters. The minimum atomic E-state index is 0.273. The summed E-state index contributed by atoms with van der Waals surface area (Å²) in [6, 6.07) is 2.59. The van der Waals surface area contributed by atoms with Gasteiger partial charge in [0.2, 0.25) is 0 Å². The summed E-state index contributed by atoms with van der Waals surface area (Å²) in [6.45, 7) is 7.45. The van der Waals surface area contributed by atoms with Gasteiger partial charge in [-0.15, -0.1) is 11.3 Å². The summed E-state index contributed by atoms with van der Waals surface area (Å²) < 4.78 is 5.26. The van der Waals surface area contributed by atoms with Gasteiger partial charge in [-0.1, -0.05) is 0 Å². The highest BCUT2D eigenvalue weighted by Crippen LogP contribution is 2.15. The van der Waals surface area contributed by atoms with Gasteiger partial charge in [0.1, 0.15) is 0 Å². The highest BCUT2D eigenvalue weighted by molar-refractivity contribution is 7.10. The number of hydrogen-bond acceptors (Lipinski definition) is 3. The van der Waals surface area contributed by atoms with Gasteiger partial charge in [0.15, 0.2) is 0 Å². The lowest BCUT2D eigenvalue weighted by Crippen LogP contribution is -2.37. The molecular formula is C12H21NOS. The quantitative estimate of drug-likeness (QED) is 0.806. The molecule has 3 heteroatoms. The van der Waals surface area contributed by atoms with E-state index in [-0.39, 0.29) is 6.10 Å². The minimum Gasteiger partial charge on any atom is -0.380 e. The maximum atomic E-state index is 5.26. The summed E-state index contributed by atoms with van der Waals surface area (Å²) in [4.78, 5) is 1.49. The van der Waals surface area contributed by atoms with E-state index in [1.807, 2.05) is 11.3 Å². The predicted octanol–water partition coefficient (Wildman–Crippen LogP) is 2.61. The van der Waals surface area contributed by atoms with Crippen molar-refractivity contribution >= 4 is 11.3 Å². The Kier molecular flexibility index (Phi) is 5.29. The Labute approximate surface area is 96.7 Å². The van der Waals surface area contributed by atoms with Gasteiger partial charge < -0.3 is 10.1 Å². The summed E-state index contributed by atoms with van der Waals surface area (Å²) in [5, 5.41) is 5.64. The fourth-order valence-electron chi connectivity index (χ4n) is 1.44. The zero-order valence-electron chi connectivity index (χ0n) is 10.0. The average Bonchev–Trinajstić information content (AvgIpc) is 2.63. The largest absolute Gasteiger partial charge is 0.380 e. The van der Waals surface area contributed by atoms with E-state index < -0.39 is 0 Å². The molecule has 1 aromatic rings. The predicted molar refractivity (Wildman–Crippen MR) is 66.7 cm³/mol. The molecule has 1 N–H and O–H groups in total. The van der Waals surface area contributed by atoms with Crippen LogP contribution in [0.4, 0.5) is 0 Å². The molecule has 0 saturated carbocycles.